The highest BCUT2D eigenvalue weighted by Gasteiger charge is 2.61. The van der Waals surface area contributed by atoms with Crippen LogP contribution in [0.4, 0.5) is 21.5 Å². The van der Waals surface area contributed by atoms with Gasteiger partial charge in [0.1, 0.15) is 5.82 Å². The van der Waals surface area contributed by atoms with E-state index < -0.39 is 0 Å². The third-order valence-corrected chi connectivity index (χ3v) is 11.4. The Kier molecular flexibility index (Phi) is 5.55. The maximum atomic E-state index is 14.5. The molecule has 0 radical (unpaired) electrons. The van der Waals surface area contributed by atoms with Gasteiger partial charge in [0, 0.05) is 22.5 Å². The van der Waals surface area contributed by atoms with Crippen LogP contribution < -0.4 is 4.90 Å². The molecule has 5 aliphatic rings. The number of anilines is 3. The molecule has 5 aliphatic carbocycles. The molecule has 10 rings (SSSR count). The molecule has 5 aromatic carbocycles. The standard InChI is InChI=1S/C41H36FN/c1-26-19-34(16-18-40(26)42)43(33-13-11-30(12-14-33)29-7-3-2-4-8-29)35-15-17-39-37(25-35)36-9-5-6-10-38(36)41(39)31-21-27-20-28(23-31)24-32(41)22-27/h2-19,25,27-28,31-32H,20-24H2,1H3. The molecule has 4 saturated carbocycles. The first-order chi connectivity index (χ1) is 21.1. The molecule has 1 nitrogen and oxygen atoms in total. The quantitative estimate of drug-likeness (QED) is 0.211. The molecule has 43 heavy (non-hydrogen) atoms. The molecule has 0 aliphatic heterocycles. The number of hydrogen-bond acceptors (Lipinski definition) is 1. The van der Waals surface area contributed by atoms with Gasteiger partial charge in [0.05, 0.1) is 0 Å². The van der Waals surface area contributed by atoms with Crippen LogP contribution in [0.15, 0.2) is 115 Å². The van der Waals surface area contributed by atoms with Crippen LogP contribution in [0.25, 0.3) is 22.3 Å². The van der Waals surface area contributed by atoms with Crippen molar-refractivity contribution < 1.29 is 4.39 Å². The van der Waals surface area contributed by atoms with Gasteiger partial charge in [0.15, 0.2) is 0 Å². The number of fused-ring (bicyclic) bond motifs is 3. The van der Waals surface area contributed by atoms with Crippen LogP contribution in [-0.2, 0) is 5.41 Å². The summed E-state index contributed by atoms with van der Waals surface area (Å²) in [5.41, 5.74) is 12.3. The highest BCUT2D eigenvalue weighted by atomic mass is 19.1. The Morgan fingerprint density at radius 3 is 1.86 bits per heavy atom. The van der Waals surface area contributed by atoms with Crippen molar-refractivity contribution >= 4 is 17.1 Å². The Balaban J connectivity index is 1.20. The van der Waals surface area contributed by atoms with E-state index >= 15 is 0 Å². The number of benzene rings is 5. The Labute approximate surface area is 254 Å². The van der Waals surface area contributed by atoms with Gasteiger partial charge < -0.3 is 4.90 Å². The zero-order chi connectivity index (χ0) is 28.7. The SMILES string of the molecule is Cc1cc(N(c2ccc(-c3ccccc3)cc2)c2ccc3c(c2)-c2ccccc2C32C3CC4CC(C3)CC2C4)ccc1F. The molecule has 4 fully saturated rings. The summed E-state index contributed by atoms with van der Waals surface area (Å²) in [7, 11) is 0. The number of rotatable bonds is 4. The normalized spacial score (nSPS) is 26.0. The van der Waals surface area contributed by atoms with Gasteiger partial charge in [-0.1, -0.05) is 72.8 Å². The molecule has 212 valence electrons. The molecule has 0 N–H and O–H groups in total. The van der Waals surface area contributed by atoms with Gasteiger partial charge in [0.25, 0.3) is 0 Å². The lowest BCUT2D eigenvalue weighted by Crippen LogP contribution is -2.55. The lowest BCUT2D eigenvalue weighted by Gasteiger charge is -2.61. The average molecular weight is 562 g/mol. The second-order valence-electron chi connectivity index (χ2n) is 13.6. The van der Waals surface area contributed by atoms with Gasteiger partial charge in [-0.05, 0) is 144 Å². The highest BCUT2D eigenvalue weighted by Crippen LogP contribution is 2.69. The van der Waals surface area contributed by atoms with Crippen LogP contribution in [0, 0.1) is 36.4 Å². The van der Waals surface area contributed by atoms with Crippen LogP contribution >= 0.6 is 0 Å². The summed E-state index contributed by atoms with van der Waals surface area (Å²) in [6, 6.07) is 41.3. The van der Waals surface area contributed by atoms with E-state index in [1.807, 2.05) is 19.1 Å². The number of hydrogen-bond donors (Lipinski definition) is 0. The minimum Gasteiger partial charge on any atom is -0.310 e. The second-order valence-corrected chi connectivity index (χ2v) is 13.6. The van der Waals surface area contributed by atoms with E-state index in [0.717, 1.165) is 40.7 Å². The molecule has 5 aromatic rings. The summed E-state index contributed by atoms with van der Waals surface area (Å²) >= 11 is 0. The van der Waals surface area contributed by atoms with E-state index in [0.29, 0.717) is 5.56 Å². The lowest BCUT2D eigenvalue weighted by atomic mass is 9.43. The van der Waals surface area contributed by atoms with Crippen molar-refractivity contribution in [2.75, 3.05) is 4.90 Å². The first-order valence-corrected chi connectivity index (χ1v) is 16.1. The molecule has 1 spiro atoms. The Bertz CT molecular complexity index is 1830. The van der Waals surface area contributed by atoms with E-state index in [1.165, 1.54) is 54.4 Å². The second kappa shape index (κ2) is 9.41. The molecule has 0 unspecified atom stereocenters. The van der Waals surface area contributed by atoms with Crippen molar-refractivity contribution in [3.05, 3.63) is 138 Å². The largest absolute Gasteiger partial charge is 0.310 e. The van der Waals surface area contributed by atoms with Crippen molar-refractivity contribution in [3.63, 3.8) is 0 Å². The third-order valence-electron chi connectivity index (χ3n) is 11.4. The highest BCUT2D eigenvalue weighted by molar-refractivity contribution is 5.87. The topological polar surface area (TPSA) is 3.24 Å². The zero-order valence-electron chi connectivity index (χ0n) is 24.6. The molecular formula is C41H36FN. The molecule has 0 aromatic heterocycles. The minimum atomic E-state index is -0.171. The Morgan fingerprint density at radius 2 is 1.14 bits per heavy atom. The molecule has 0 heterocycles. The van der Waals surface area contributed by atoms with E-state index in [2.05, 4.69) is 102 Å². The predicted molar refractivity (Wildman–Crippen MR) is 175 cm³/mol. The van der Waals surface area contributed by atoms with Gasteiger partial charge in [-0.2, -0.15) is 0 Å². The predicted octanol–water partition coefficient (Wildman–Crippen LogP) is 11.0. The van der Waals surface area contributed by atoms with Gasteiger partial charge in [-0.25, -0.2) is 4.39 Å². The van der Waals surface area contributed by atoms with E-state index in [4.69, 9.17) is 0 Å². The maximum absolute atomic E-state index is 14.5. The van der Waals surface area contributed by atoms with Crippen molar-refractivity contribution in [3.8, 4) is 22.3 Å². The maximum Gasteiger partial charge on any atom is 0.126 e. The Morgan fingerprint density at radius 1 is 0.558 bits per heavy atom. The van der Waals surface area contributed by atoms with Crippen LogP contribution in [0.5, 0.6) is 0 Å². The number of nitrogens with zero attached hydrogens (tertiary/aromatic N) is 1. The van der Waals surface area contributed by atoms with Gasteiger partial charge in [0.2, 0.25) is 0 Å². The summed E-state index contributed by atoms with van der Waals surface area (Å²) in [5.74, 6) is 3.19. The first-order valence-electron chi connectivity index (χ1n) is 16.1. The fraction of sp³-hybridized carbons (Fsp3) is 0.268. The van der Waals surface area contributed by atoms with Gasteiger partial charge in [-0.15, -0.1) is 0 Å². The van der Waals surface area contributed by atoms with Crippen molar-refractivity contribution in [1.82, 2.24) is 0 Å². The smallest absolute Gasteiger partial charge is 0.126 e. The summed E-state index contributed by atoms with van der Waals surface area (Å²) in [5, 5.41) is 0. The van der Waals surface area contributed by atoms with Crippen molar-refractivity contribution in [1.29, 1.82) is 0 Å². The lowest BCUT2D eigenvalue weighted by molar-refractivity contribution is -0.0399. The van der Waals surface area contributed by atoms with Crippen LogP contribution in [0.1, 0.15) is 48.8 Å². The summed E-state index contributed by atoms with van der Waals surface area (Å²) in [6.45, 7) is 1.85. The fourth-order valence-corrected chi connectivity index (χ4v) is 9.93. The minimum absolute atomic E-state index is 0.159. The molecule has 2 heteroatoms. The van der Waals surface area contributed by atoms with E-state index in [1.54, 1.807) is 17.2 Å². The molecular weight excluding hydrogens is 525 g/mol. The number of aryl methyl sites for hydroxylation is 1. The van der Waals surface area contributed by atoms with Crippen molar-refractivity contribution in [2.45, 2.75) is 44.4 Å². The average Bonchev–Trinajstić information content (AvgIpc) is 3.32. The van der Waals surface area contributed by atoms with Crippen LogP contribution in [-0.4, -0.2) is 0 Å². The van der Waals surface area contributed by atoms with Crippen molar-refractivity contribution in [2.24, 2.45) is 23.7 Å². The number of halogens is 1. The van der Waals surface area contributed by atoms with E-state index in [9.17, 15) is 4.39 Å². The monoisotopic (exact) mass is 561 g/mol. The Hall–Kier alpha value is -4.17. The summed E-state index contributed by atoms with van der Waals surface area (Å²) < 4.78 is 14.5. The fourth-order valence-electron chi connectivity index (χ4n) is 9.93. The third kappa shape index (κ3) is 3.68. The summed E-state index contributed by atoms with van der Waals surface area (Å²) in [6.07, 6.45) is 7.01. The molecule has 0 amide bonds. The van der Waals surface area contributed by atoms with E-state index in [-0.39, 0.29) is 11.2 Å². The van der Waals surface area contributed by atoms with Gasteiger partial charge >= 0.3 is 0 Å². The van der Waals surface area contributed by atoms with Crippen LogP contribution in [0.2, 0.25) is 0 Å². The molecule has 4 bridgehead atoms. The zero-order valence-corrected chi connectivity index (χ0v) is 24.6. The molecule has 0 saturated heterocycles. The molecule has 0 atom stereocenters. The first kappa shape index (κ1) is 25.3. The summed E-state index contributed by atoms with van der Waals surface area (Å²) in [4.78, 5) is 2.30. The van der Waals surface area contributed by atoms with Gasteiger partial charge in [-0.3, -0.25) is 0 Å². The van der Waals surface area contributed by atoms with Crippen LogP contribution in [0.3, 0.4) is 0 Å².